The molecule has 0 saturated heterocycles. The molecule has 1 aromatic heterocycles. The molecular weight excluding hydrogens is 688 g/mol. The Labute approximate surface area is 295 Å². The van der Waals surface area contributed by atoms with Crippen LogP contribution < -0.4 is 16.0 Å². The lowest BCUT2D eigenvalue weighted by Gasteiger charge is -2.21. The summed E-state index contributed by atoms with van der Waals surface area (Å²) in [6.45, 7) is 3.09. The van der Waals surface area contributed by atoms with Crippen molar-refractivity contribution in [2.75, 3.05) is 11.9 Å². The van der Waals surface area contributed by atoms with Gasteiger partial charge in [0.15, 0.2) is 5.69 Å². The number of alkyl halides is 3. The van der Waals surface area contributed by atoms with Crippen molar-refractivity contribution in [1.29, 1.82) is 5.41 Å². The minimum Gasteiger partial charge on any atom is -0.426 e. The third-order valence-corrected chi connectivity index (χ3v) is 7.82. The Balaban J connectivity index is 1.37. The number of nitrogens with one attached hydrogen (secondary N) is 4. The van der Waals surface area contributed by atoms with Gasteiger partial charge in [-0.1, -0.05) is 48.5 Å². The van der Waals surface area contributed by atoms with E-state index in [1.165, 1.54) is 43.3 Å². The molecule has 1 fully saturated rings. The summed E-state index contributed by atoms with van der Waals surface area (Å²) >= 11 is 0. The zero-order valence-electron chi connectivity index (χ0n) is 27.9. The number of halogens is 4. The number of esters is 2. The van der Waals surface area contributed by atoms with Crippen LogP contribution in [0.1, 0.15) is 72.0 Å². The van der Waals surface area contributed by atoms with Crippen LogP contribution in [0.3, 0.4) is 0 Å². The largest absolute Gasteiger partial charge is 0.435 e. The van der Waals surface area contributed by atoms with E-state index in [2.05, 4.69) is 25.8 Å². The average Bonchev–Trinajstić information content (AvgIpc) is 3.79. The van der Waals surface area contributed by atoms with Crippen molar-refractivity contribution in [3.63, 3.8) is 0 Å². The summed E-state index contributed by atoms with van der Waals surface area (Å²) in [5.41, 5.74) is -0.876. The van der Waals surface area contributed by atoms with Gasteiger partial charge in [0.2, 0.25) is 12.2 Å². The summed E-state index contributed by atoms with van der Waals surface area (Å²) in [5, 5.41) is 19.9. The van der Waals surface area contributed by atoms with E-state index in [0.29, 0.717) is 22.2 Å². The predicted molar refractivity (Wildman–Crippen MR) is 179 cm³/mol. The molecular formula is C36H34F4N6O6. The molecule has 1 heterocycles. The normalized spacial score (nSPS) is 13.8. The second-order valence-electron chi connectivity index (χ2n) is 12.0. The molecule has 4 N–H and O–H groups in total. The summed E-state index contributed by atoms with van der Waals surface area (Å²) < 4.78 is 66.9. The smallest absolute Gasteiger partial charge is 0.426 e. The lowest BCUT2D eigenvalue weighted by molar-refractivity contribution is -0.182. The molecule has 16 heteroatoms. The van der Waals surface area contributed by atoms with Crippen LogP contribution in [0.5, 0.6) is 0 Å². The molecule has 1 aliphatic rings. The highest BCUT2D eigenvalue weighted by molar-refractivity contribution is 6.10. The SMILES string of the molecule is CC(=O)OC(C)OC(=O)CC(=O)NC(=N)c1cccc(-n2nc(C(F)(F)F)cc2C(=O)Nc2cc(C(NCC3CC3)c3ccccc3)ccc2F)c1. The zero-order valence-corrected chi connectivity index (χ0v) is 27.9. The molecule has 12 nitrogen and oxygen atoms in total. The fourth-order valence-electron chi connectivity index (χ4n) is 5.23. The molecule has 2 atom stereocenters. The molecule has 4 aromatic rings. The van der Waals surface area contributed by atoms with Crippen molar-refractivity contribution < 1.29 is 46.2 Å². The number of ether oxygens (including phenoxy) is 2. The minimum absolute atomic E-state index is 0.0210. The Hall–Kier alpha value is -5.90. The Morgan fingerprint density at radius 2 is 1.69 bits per heavy atom. The van der Waals surface area contributed by atoms with Gasteiger partial charge in [-0.05, 0) is 60.7 Å². The predicted octanol–water partition coefficient (Wildman–Crippen LogP) is 5.66. The van der Waals surface area contributed by atoms with Crippen LogP contribution >= 0.6 is 0 Å². The average molecular weight is 723 g/mol. The van der Waals surface area contributed by atoms with Crippen molar-refractivity contribution in [1.82, 2.24) is 20.4 Å². The molecule has 2 unspecified atom stereocenters. The van der Waals surface area contributed by atoms with Crippen LogP contribution in [-0.2, 0) is 30.0 Å². The number of amides is 2. The molecule has 0 spiro atoms. The third-order valence-electron chi connectivity index (χ3n) is 7.82. The first-order chi connectivity index (χ1) is 24.7. The fourth-order valence-corrected chi connectivity index (χ4v) is 5.23. The number of hydrogen-bond donors (Lipinski definition) is 4. The maximum Gasteiger partial charge on any atom is 0.435 e. The van der Waals surface area contributed by atoms with Crippen molar-refractivity contribution in [3.05, 3.63) is 113 Å². The topological polar surface area (TPSA) is 165 Å². The number of rotatable bonds is 13. The molecule has 1 aliphatic carbocycles. The van der Waals surface area contributed by atoms with E-state index in [9.17, 15) is 32.3 Å². The standard InChI is InChI=1S/C36H34F4N6O6/c1-20(47)51-21(2)52-32(49)18-31(48)44-34(41)25-9-6-10-26(15-25)46-29(17-30(45-46)36(38,39)40)35(50)43-28-16-24(13-14-27(28)37)33(42-19-22-11-12-22)23-7-4-3-5-8-23/h3-10,13-17,21-22,33,42H,11-12,18-19H2,1-2H3,(H,43,50)(H2,41,44,48). The van der Waals surface area contributed by atoms with Crippen LogP contribution in [0, 0.1) is 17.1 Å². The Bertz CT molecular complexity index is 1980. The van der Waals surface area contributed by atoms with Gasteiger partial charge in [0.1, 0.15) is 23.8 Å². The van der Waals surface area contributed by atoms with Gasteiger partial charge >= 0.3 is 18.1 Å². The second-order valence-corrected chi connectivity index (χ2v) is 12.0. The number of carbonyl (C=O) groups excluding carboxylic acids is 4. The number of benzene rings is 3. The van der Waals surface area contributed by atoms with Crippen LogP contribution in [0.2, 0.25) is 0 Å². The monoisotopic (exact) mass is 722 g/mol. The Morgan fingerprint density at radius 1 is 0.962 bits per heavy atom. The molecule has 1 saturated carbocycles. The van der Waals surface area contributed by atoms with E-state index >= 15 is 4.39 Å². The van der Waals surface area contributed by atoms with E-state index in [0.717, 1.165) is 31.9 Å². The quantitative estimate of drug-likeness (QED) is 0.0343. The molecule has 0 radical (unpaired) electrons. The fraction of sp³-hybridized carbons (Fsp3) is 0.278. The van der Waals surface area contributed by atoms with Gasteiger partial charge in [0.05, 0.1) is 17.4 Å². The highest BCUT2D eigenvalue weighted by Crippen LogP contribution is 2.32. The highest BCUT2D eigenvalue weighted by Gasteiger charge is 2.36. The van der Waals surface area contributed by atoms with E-state index in [1.807, 2.05) is 30.3 Å². The van der Waals surface area contributed by atoms with Gasteiger partial charge in [-0.25, -0.2) is 9.07 Å². The Kier molecular flexibility index (Phi) is 11.5. The number of amidine groups is 1. The van der Waals surface area contributed by atoms with Gasteiger partial charge in [-0.2, -0.15) is 18.3 Å². The Morgan fingerprint density at radius 3 is 2.37 bits per heavy atom. The van der Waals surface area contributed by atoms with Crippen LogP contribution in [0.4, 0.5) is 23.2 Å². The minimum atomic E-state index is -4.96. The van der Waals surface area contributed by atoms with E-state index in [-0.39, 0.29) is 23.0 Å². The second kappa shape index (κ2) is 16.0. The molecule has 0 aliphatic heterocycles. The van der Waals surface area contributed by atoms with Gasteiger partial charge in [0.25, 0.3) is 5.91 Å². The molecule has 3 aromatic carbocycles. The van der Waals surface area contributed by atoms with Crippen LogP contribution in [0.15, 0.2) is 78.9 Å². The number of hydrogen-bond acceptors (Lipinski definition) is 9. The van der Waals surface area contributed by atoms with Gasteiger partial charge in [0, 0.05) is 25.5 Å². The van der Waals surface area contributed by atoms with Gasteiger partial charge in [-0.3, -0.25) is 24.6 Å². The molecule has 0 bridgehead atoms. The zero-order chi connectivity index (χ0) is 37.6. The molecule has 272 valence electrons. The number of nitrogens with zero attached hydrogens (tertiary/aromatic N) is 2. The van der Waals surface area contributed by atoms with Crippen LogP contribution in [0.25, 0.3) is 5.69 Å². The van der Waals surface area contributed by atoms with Crippen molar-refractivity contribution >= 4 is 35.3 Å². The van der Waals surface area contributed by atoms with Crippen molar-refractivity contribution in [2.45, 2.75) is 51.6 Å². The summed E-state index contributed by atoms with van der Waals surface area (Å²) in [4.78, 5) is 49.0. The maximum atomic E-state index is 15.1. The van der Waals surface area contributed by atoms with Crippen molar-refractivity contribution in [2.24, 2.45) is 5.92 Å². The highest BCUT2D eigenvalue weighted by atomic mass is 19.4. The maximum absolute atomic E-state index is 15.1. The van der Waals surface area contributed by atoms with Gasteiger partial charge in [-0.15, -0.1) is 0 Å². The number of aromatic nitrogens is 2. The number of anilines is 1. The lowest BCUT2D eigenvalue weighted by atomic mass is 9.97. The molecule has 5 rings (SSSR count). The molecule has 2 amide bonds. The summed E-state index contributed by atoms with van der Waals surface area (Å²) in [6.07, 6.45) is -4.85. The summed E-state index contributed by atoms with van der Waals surface area (Å²) in [7, 11) is 0. The van der Waals surface area contributed by atoms with E-state index in [1.54, 1.807) is 6.07 Å². The first-order valence-electron chi connectivity index (χ1n) is 16.1. The van der Waals surface area contributed by atoms with E-state index in [4.69, 9.17) is 10.1 Å². The van der Waals surface area contributed by atoms with Gasteiger partial charge < -0.3 is 25.4 Å². The summed E-state index contributed by atoms with van der Waals surface area (Å²) in [5.74, 6) is -4.65. The number of carbonyl (C=O) groups is 4. The van der Waals surface area contributed by atoms with Crippen molar-refractivity contribution in [3.8, 4) is 5.69 Å². The third kappa shape index (κ3) is 9.87. The first-order valence-corrected chi connectivity index (χ1v) is 16.1. The first kappa shape index (κ1) is 37.4. The van der Waals surface area contributed by atoms with E-state index < -0.39 is 65.7 Å². The van der Waals surface area contributed by atoms with Crippen LogP contribution in [-0.4, -0.2) is 52.2 Å². The lowest BCUT2D eigenvalue weighted by Crippen LogP contribution is -2.33. The molecule has 52 heavy (non-hydrogen) atoms. The summed E-state index contributed by atoms with van der Waals surface area (Å²) in [6, 6.07) is 18.9.